The molecule has 0 bridgehead atoms. The molecule has 0 heterocycles. The first-order chi connectivity index (χ1) is 7.58. The molecule has 0 aromatic heterocycles. The highest BCUT2D eigenvalue weighted by atomic mass is 16.1. The van der Waals surface area contributed by atoms with E-state index >= 15 is 0 Å². The van der Waals surface area contributed by atoms with E-state index in [2.05, 4.69) is 5.32 Å². The molecule has 4 nitrogen and oxygen atoms in total. The van der Waals surface area contributed by atoms with Crippen LogP contribution in [-0.4, -0.2) is 43.5 Å². The molecule has 0 unspecified atom stereocenters. The third kappa shape index (κ3) is 5.28. The number of nitrogens with zero attached hydrogens (tertiary/aromatic N) is 1. The topological polar surface area (TPSA) is 58.4 Å². The van der Waals surface area contributed by atoms with Crippen LogP contribution in [-0.2, 0) is 4.79 Å². The lowest BCUT2D eigenvalue weighted by molar-refractivity contribution is -0.117. The van der Waals surface area contributed by atoms with Gasteiger partial charge in [0.1, 0.15) is 0 Å². The van der Waals surface area contributed by atoms with Crippen LogP contribution in [0.15, 0.2) is 12.2 Å². The van der Waals surface area contributed by atoms with E-state index < -0.39 is 0 Å². The first kappa shape index (κ1) is 13.2. The molecule has 1 rings (SSSR count). The summed E-state index contributed by atoms with van der Waals surface area (Å²) in [5, 5.41) is 3.01. The lowest BCUT2D eigenvalue weighted by Gasteiger charge is -2.26. The van der Waals surface area contributed by atoms with Gasteiger partial charge in [0.2, 0.25) is 5.91 Å². The lowest BCUT2D eigenvalue weighted by atomic mass is 9.92. The fourth-order valence-corrected chi connectivity index (χ4v) is 1.88. The molecule has 0 aromatic carbocycles. The molecule has 1 amide bonds. The predicted octanol–water partition coefficient (Wildman–Crippen LogP) is 0.490. The van der Waals surface area contributed by atoms with Crippen LogP contribution in [0.25, 0.3) is 0 Å². The Hall–Kier alpha value is -0.870. The highest BCUT2D eigenvalue weighted by Crippen LogP contribution is 2.16. The number of likely N-dealkylation sites (N-methyl/N-ethyl adjacent to an activating group) is 1. The minimum atomic E-state index is 0.0160. The lowest BCUT2D eigenvalue weighted by Crippen LogP contribution is -2.39. The van der Waals surface area contributed by atoms with E-state index in [1.54, 1.807) is 6.08 Å². The molecule has 0 radical (unpaired) electrons. The van der Waals surface area contributed by atoms with Gasteiger partial charge in [0.15, 0.2) is 0 Å². The third-order valence-corrected chi connectivity index (χ3v) is 2.86. The zero-order valence-corrected chi connectivity index (χ0v) is 10.3. The van der Waals surface area contributed by atoms with Crippen LogP contribution in [0.4, 0.5) is 0 Å². The quantitative estimate of drug-likeness (QED) is 0.685. The summed E-state index contributed by atoms with van der Waals surface area (Å²) in [5.74, 6) is 0.0160. The summed E-state index contributed by atoms with van der Waals surface area (Å²) >= 11 is 0. The summed E-state index contributed by atoms with van der Waals surface area (Å²) in [6.07, 6.45) is 7.56. The van der Waals surface area contributed by atoms with Gasteiger partial charge < -0.3 is 16.0 Å². The fraction of sp³-hybridized carbons (Fsp3) is 0.750. The van der Waals surface area contributed by atoms with Crippen molar-refractivity contribution in [3.63, 3.8) is 0 Å². The van der Waals surface area contributed by atoms with Crippen molar-refractivity contribution in [3.05, 3.63) is 12.2 Å². The molecule has 3 N–H and O–H groups in total. The van der Waals surface area contributed by atoms with Crippen LogP contribution in [0.2, 0.25) is 0 Å². The average molecular weight is 225 g/mol. The standard InChI is InChI=1S/C12H23N3O/c1-15(2)9-3-4-12(16)14-11-7-5-10(13)6-8-11/h3-4,10-11H,5-9,13H2,1-2H3,(H,14,16)/b4-3+/t10-,11+. The zero-order valence-electron chi connectivity index (χ0n) is 10.3. The summed E-state index contributed by atoms with van der Waals surface area (Å²) in [5.41, 5.74) is 5.81. The normalized spacial score (nSPS) is 26.2. The van der Waals surface area contributed by atoms with Gasteiger partial charge in [-0.3, -0.25) is 4.79 Å². The van der Waals surface area contributed by atoms with Gasteiger partial charge >= 0.3 is 0 Å². The van der Waals surface area contributed by atoms with E-state index in [4.69, 9.17) is 5.73 Å². The van der Waals surface area contributed by atoms with Crippen LogP contribution in [0.5, 0.6) is 0 Å². The Morgan fingerprint density at radius 2 is 2.00 bits per heavy atom. The zero-order chi connectivity index (χ0) is 12.0. The first-order valence-corrected chi connectivity index (χ1v) is 5.95. The Morgan fingerprint density at radius 3 is 2.56 bits per heavy atom. The number of amides is 1. The Morgan fingerprint density at radius 1 is 1.38 bits per heavy atom. The summed E-state index contributed by atoms with van der Waals surface area (Å²) in [7, 11) is 3.95. The molecule has 1 saturated carbocycles. The number of carbonyl (C=O) groups excluding carboxylic acids is 1. The van der Waals surface area contributed by atoms with Crippen molar-refractivity contribution < 1.29 is 4.79 Å². The van der Waals surface area contributed by atoms with Crippen molar-refractivity contribution in [1.29, 1.82) is 0 Å². The van der Waals surface area contributed by atoms with Crippen molar-refractivity contribution in [3.8, 4) is 0 Å². The number of nitrogens with two attached hydrogens (primary N) is 1. The third-order valence-electron chi connectivity index (χ3n) is 2.86. The van der Waals surface area contributed by atoms with Gasteiger partial charge in [0.05, 0.1) is 0 Å². The van der Waals surface area contributed by atoms with Crippen LogP contribution in [0.1, 0.15) is 25.7 Å². The summed E-state index contributed by atoms with van der Waals surface area (Å²) in [4.78, 5) is 13.5. The second-order valence-electron chi connectivity index (χ2n) is 4.78. The van der Waals surface area contributed by atoms with E-state index in [-0.39, 0.29) is 5.91 Å². The number of hydrogen-bond acceptors (Lipinski definition) is 3. The predicted molar refractivity (Wildman–Crippen MR) is 66.1 cm³/mol. The van der Waals surface area contributed by atoms with Crippen molar-refractivity contribution >= 4 is 5.91 Å². The molecule has 0 spiro atoms. The van der Waals surface area contributed by atoms with E-state index in [0.29, 0.717) is 12.1 Å². The molecule has 4 heteroatoms. The number of hydrogen-bond donors (Lipinski definition) is 2. The molecule has 0 aromatic rings. The minimum Gasteiger partial charge on any atom is -0.350 e. The highest BCUT2D eigenvalue weighted by Gasteiger charge is 2.18. The van der Waals surface area contributed by atoms with Gasteiger partial charge in [0.25, 0.3) is 0 Å². The summed E-state index contributed by atoms with van der Waals surface area (Å²) in [6.45, 7) is 0.795. The average Bonchev–Trinajstić information content (AvgIpc) is 2.21. The molecular formula is C12H23N3O. The Balaban J connectivity index is 2.21. The molecule has 1 aliphatic carbocycles. The SMILES string of the molecule is CN(C)C/C=C/C(=O)N[C@H]1CC[C@@H](N)CC1. The molecule has 0 aliphatic heterocycles. The van der Waals surface area contributed by atoms with Gasteiger partial charge in [-0.05, 0) is 39.8 Å². The highest BCUT2D eigenvalue weighted by molar-refractivity contribution is 5.87. The van der Waals surface area contributed by atoms with E-state index in [1.165, 1.54) is 0 Å². The minimum absolute atomic E-state index is 0.0160. The van der Waals surface area contributed by atoms with Gasteiger partial charge in [0, 0.05) is 24.7 Å². The Labute approximate surface area is 97.9 Å². The van der Waals surface area contributed by atoms with Crippen LogP contribution < -0.4 is 11.1 Å². The Kier molecular flexibility index (Phi) is 5.49. The second kappa shape index (κ2) is 6.66. The first-order valence-electron chi connectivity index (χ1n) is 5.95. The fourth-order valence-electron chi connectivity index (χ4n) is 1.88. The van der Waals surface area contributed by atoms with Crippen LogP contribution >= 0.6 is 0 Å². The number of carbonyl (C=O) groups is 1. The molecule has 0 saturated heterocycles. The van der Waals surface area contributed by atoms with E-state index in [9.17, 15) is 4.79 Å². The molecular weight excluding hydrogens is 202 g/mol. The maximum atomic E-state index is 11.5. The molecule has 1 aliphatic rings. The van der Waals surface area contributed by atoms with Crippen molar-refractivity contribution in [2.24, 2.45) is 5.73 Å². The summed E-state index contributed by atoms with van der Waals surface area (Å²) in [6, 6.07) is 0.647. The van der Waals surface area contributed by atoms with Gasteiger partial charge in [-0.25, -0.2) is 0 Å². The van der Waals surface area contributed by atoms with Gasteiger partial charge in [-0.15, -0.1) is 0 Å². The maximum Gasteiger partial charge on any atom is 0.243 e. The van der Waals surface area contributed by atoms with E-state index in [1.807, 2.05) is 25.1 Å². The van der Waals surface area contributed by atoms with Crippen molar-refractivity contribution in [2.45, 2.75) is 37.8 Å². The van der Waals surface area contributed by atoms with Crippen LogP contribution in [0, 0.1) is 0 Å². The Bertz CT molecular complexity index is 243. The monoisotopic (exact) mass is 225 g/mol. The van der Waals surface area contributed by atoms with Crippen molar-refractivity contribution in [2.75, 3.05) is 20.6 Å². The molecule has 1 fully saturated rings. The van der Waals surface area contributed by atoms with Crippen LogP contribution in [0.3, 0.4) is 0 Å². The second-order valence-corrected chi connectivity index (χ2v) is 4.78. The smallest absolute Gasteiger partial charge is 0.243 e. The van der Waals surface area contributed by atoms with Gasteiger partial charge in [-0.2, -0.15) is 0 Å². The molecule has 0 atom stereocenters. The number of nitrogens with one attached hydrogen (secondary N) is 1. The van der Waals surface area contributed by atoms with Gasteiger partial charge in [-0.1, -0.05) is 6.08 Å². The van der Waals surface area contributed by atoms with Crippen molar-refractivity contribution in [1.82, 2.24) is 10.2 Å². The molecule has 92 valence electrons. The largest absolute Gasteiger partial charge is 0.350 e. The summed E-state index contributed by atoms with van der Waals surface area (Å²) < 4.78 is 0. The van der Waals surface area contributed by atoms with E-state index in [0.717, 1.165) is 32.2 Å². The molecule has 16 heavy (non-hydrogen) atoms. The maximum absolute atomic E-state index is 11.5. The number of rotatable bonds is 4.